The fraction of sp³-hybridized carbons (Fsp3) is 0.776. The first-order valence-electron chi connectivity index (χ1n) is 32.0. The first-order valence-corrected chi connectivity index (χ1v) is 33.4. The molecule has 76 heavy (non-hydrogen) atoms. The summed E-state index contributed by atoms with van der Waals surface area (Å²) in [6.07, 6.45) is 80.9. The van der Waals surface area contributed by atoms with E-state index in [0.29, 0.717) is 23.9 Å². The molecule has 0 aromatic heterocycles. The zero-order valence-corrected chi connectivity index (χ0v) is 51.4. The number of likely N-dealkylation sites (N-methyl/N-ethyl adjacent to an activating group) is 1. The number of aliphatic hydroxyl groups excluding tert-OH is 1. The number of nitrogens with one attached hydrogen (secondary N) is 1. The van der Waals surface area contributed by atoms with Gasteiger partial charge in [0.05, 0.1) is 39.9 Å². The summed E-state index contributed by atoms with van der Waals surface area (Å²) < 4.78 is 23.8. The molecule has 3 N–H and O–H groups in total. The van der Waals surface area contributed by atoms with E-state index >= 15 is 0 Å². The second kappa shape index (κ2) is 57.4. The number of carbonyl (C=O) groups excluding carboxylic acids is 1. The van der Waals surface area contributed by atoms with E-state index in [2.05, 4.69) is 104 Å². The van der Waals surface area contributed by atoms with Gasteiger partial charge < -0.3 is 19.8 Å². The lowest BCUT2D eigenvalue weighted by molar-refractivity contribution is -0.870. The van der Waals surface area contributed by atoms with E-state index in [1.165, 1.54) is 173 Å². The number of unbranched alkanes of at least 4 members (excludes halogenated alkanes) is 31. The SMILES string of the molecule is CC/C=C\C/C=C\C/C=C\C/C=C\C/C=C\C/C=C\C/C=C\CCCCCCCCCCCCCCCCCCCC(=O)NC(COP(=O)(O)OCC[N+](C)(C)C)C(O)CCCCCCCCCCCCCCCCC. The van der Waals surface area contributed by atoms with Crippen molar-refractivity contribution in [3.8, 4) is 0 Å². The van der Waals surface area contributed by atoms with Gasteiger partial charge in [-0.15, -0.1) is 0 Å². The van der Waals surface area contributed by atoms with Crippen LogP contribution in [-0.4, -0.2) is 73.4 Å². The molecule has 3 unspecified atom stereocenters. The van der Waals surface area contributed by atoms with Crippen molar-refractivity contribution in [2.45, 2.75) is 296 Å². The highest BCUT2D eigenvalue weighted by molar-refractivity contribution is 7.47. The summed E-state index contributed by atoms with van der Waals surface area (Å²) in [5, 5.41) is 14.1. The molecule has 0 bridgehead atoms. The molecule has 0 fully saturated rings. The molecule has 8 nitrogen and oxygen atoms in total. The number of rotatable bonds is 58. The van der Waals surface area contributed by atoms with Crippen LogP contribution in [0, 0.1) is 0 Å². The van der Waals surface area contributed by atoms with Crippen molar-refractivity contribution >= 4 is 13.7 Å². The molecular weight excluding hydrogens is 960 g/mol. The molecule has 0 saturated heterocycles. The van der Waals surface area contributed by atoms with Gasteiger partial charge in [0.1, 0.15) is 13.2 Å². The van der Waals surface area contributed by atoms with Gasteiger partial charge in [0.25, 0.3) is 0 Å². The van der Waals surface area contributed by atoms with Gasteiger partial charge in [-0.1, -0.05) is 292 Å². The van der Waals surface area contributed by atoms with E-state index in [-0.39, 0.29) is 19.1 Å². The lowest BCUT2D eigenvalue weighted by Gasteiger charge is -2.26. The number of phosphoric ester groups is 1. The zero-order chi connectivity index (χ0) is 55.6. The predicted molar refractivity (Wildman–Crippen MR) is 332 cm³/mol. The minimum absolute atomic E-state index is 0.0737. The van der Waals surface area contributed by atoms with Crippen molar-refractivity contribution in [2.24, 2.45) is 0 Å². The largest absolute Gasteiger partial charge is 0.472 e. The number of quaternary nitrogens is 1. The van der Waals surface area contributed by atoms with Gasteiger partial charge in [0, 0.05) is 6.42 Å². The van der Waals surface area contributed by atoms with Crippen molar-refractivity contribution in [1.82, 2.24) is 5.32 Å². The van der Waals surface area contributed by atoms with Gasteiger partial charge in [0.15, 0.2) is 0 Å². The highest BCUT2D eigenvalue weighted by atomic mass is 31.2. The van der Waals surface area contributed by atoms with Gasteiger partial charge >= 0.3 is 7.82 Å². The van der Waals surface area contributed by atoms with Gasteiger partial charge in [0.2, 0.25) is 5.91 Å². The van der Waals surface area contributed by atoms with Crippen LogP contribution in [0.5, 0.6) is 0 Å². The van der Waals surface area contributed by atoms with E-state index < -0.39 is 20.0 Å². The number of nitrogens with zero attached hydrogens (tertiary/aromatic N) is 1. The monoisotopic (exact) mass is 1080 g/mol. The average molecular weight is 1080 g/mol. The second-order valence-electron chi connectivity index (χ2n) is 22.8. The fourth-order valence-corrected chi connectivity index (χ4v) is 9.94. The summed E-state index contributed by atoms with van der Waals surface area (Å²) in [4.78, 5) is 23.4. The summed E-state index contributed by atoms with van der Waals surface area (Å²) in [6.45, 7) is 4.79. The third kappa shape index (κ3) is 59.3. The minimum atomic E-state index is -4.32. The molecule has 0 radical (unpaired) electrons. The Bertz CT molecular complexity index is 1510. The number of allylic oxidation sites excluding steroid dienone is 14. The molecule has 0 saturated carbocycles. The maximum Gasteiger partial charge on any atom is 0.472 e. The predicted octanol–water partition coefficient (Wildman–Crippen LogP) is 20.0. The number of hydrogen-bond acceptors (Lipinski definition) is 5. The molecule has 0 aromatic carbocycles. The fourth-order valence-electron chi connectivity index (χ4n) is 9.21. The van der Waals surface area contributed by atoms with Crippen LogP contribution in [0.15, 0.2) is 85.1 Å². The Morgan fingerprint density at radius 2 is 0.789 bits per heavy atom. The van der Waals surface area contributed by atoms with E-state index in [1.807, 2.05) is 21.1 Å². The maximum atomic E-state index is 13.0. The molecule has 0 aromatic rings. The van der Waals surface area contributed by atoms with Crippen molar-refractivity contribution < 1.29 is 32.9 Å². The first kappa shape index (κ1) is 73.7. The van der Waals surface area contributed by atoms with Crippen LogP contribution in [0.3, 0.4) is 0 Å². The summed E-state index contributed by atoms with van der Waals surface area (Å²) in [7, 11) is 1.62. The Labute approximate surface area is 471 Å². The molecule has 0 aliphatic carbocycles. The summed E-state index contributed by atoms with van der Waals surface area (Å²) in [5.74, 6) is -0.143. The Morgan fingerprint density at radius 3 is 1.16 bits per heavy atom. The standard InChI is InChI=1S/C67H123N2O6P/c1-6-8-10-12-14-16-18-20-22-23-24-25-26-27-28-29-30-31-32-33-34-35-36-37-38-39-40-41-42-43-44-45-47-49-51-53-55-57-59-61-67(71)68-65(64-75-76(72,73)74-63-62-69(3,4)5)66(70)60-58-56-54-52-50-48-46-21-19-17-15-13-11-9-7-2/h8,10,14,16,20,22,24-25,27-28,30-31,33-34,65-66,70H,6-7,9,11-13,15,17-19,21,23,26,29,32,35-64H2,1-5H3,(H-,68,71,72,73)/p+1/b10-8-,16-14-,22-20-,25-24-,28-27-,31-30-,34-33-. The number of carbonyl (C=O) groups is 1. The van der Waals surface area contributed by atoms with Gasteiger partial charge in [-0.2, -0.15) is 0 Å². The minimum Gasteiger partial charge on any atom is -0.391 e. The van der Waals surface area contributed by atoms with Crippen LogP contribution in [0.25, 0.3) is 0 Å². The molecule has 0 aliphatic rings. The topological polar surface area (TPSA) is 105 Å². The highest BCUT2D eigenvalue weighted by Gasteiger charge is 2.28. The van der Waals surface area contributed by atoms with Crippen molar-refractivity contribution in [1.29, 1.82) is 0 Å². The third-order valence-corrected chi connectivity index (χ3v) is 15.1. The summed E-state index contributed by atoms with van der Waals surface area (Å²) in [6, 6.07) is -0.763. The molecular formula is C67H124N2O6P+. The molecule has 1 amide bonds. The molecule has 442 valence electrons. The Hall–Kier alpha value is -2.32. The Morgan fingerprint density at radius 1 is 0.461 bits per heavy atom. The van der Waals surface area contributed by atoms with Crippen LogP contribution in [-0.2, 0) is 18.4 Å². The van der Waals surface area contributed by atoms with E-state index in [1.54, 1.807) is 0 Å². The van der Waals surface area contributed by atoms with Crippen LogP contribution in [0.1, 0.15) is 284 Å². The molecule has 0 heterocycles. The average Bonchev–Trinajstić information content (AvgIpc) is 3.38. The van der Waals surface area contributed by atoms with Crippen LogP contribution < -0.4 is 5.32 Å². The van der Waals surface area contributed by atoms with Crippen LogP contribution in [0.2, 0.25) is 0 Å². The second-order valence-corrected chi connectivity index (χ2v) is 24.2. The van der Waals surface area contributed by atoms with Gasteiger partial charge in [-0.3, -0.25) is 13.8 Å². The molecule has 0 aliphatic heterocycles. The number of phosphoric acid groups is 1. The first-order chi connectivity index (χ1) is 37.0. The van der Waals surface area contributed by atoms with Gasteiger partial charge in [-0.05, 0) is 70.6 Å². The van der Waals surface area contributed by atoms with E-state index in [0.717, 1.165) is 83.5 Å². The van der Waals surface area contributed by atoms with Crippen molar-refractivity contribution in [3.05, 3.63) is 85.1 Å². The highest BCUT2D eigenvalue weighted by Crippen LogP contribution is 2.43. The lowest BCUT2D eigenvalue weighted by Crippen LogP contribution is -2.46. The number of aliphatic hydroxyl groups is 1. The summed E-state index contributed by atoms with van der Waals surface area (Å²) >= 11 is 0. The van der Waals surface area contributed by atoms with Crippen LogP contribution in [0.4, 0.5) is 0 Å². The Balaban J connectivity index is 3.97. The quantitative estimate of drug-likeness (QED) is 0.0243. The Kier molecular flexibility index (Phi) is 55.6. The van der Waals surface area contributed by atoms with E-state index in [9.17, 15) is 19.4 Å². The van der Waals surface area contributed by atoms with Crippen molar-refractivity contribution in [3.63, 3.8) is 0 Å². The normalized spacial score (nSPS) is 14.4. The molecule has 3 atom stereocenters. The van der Waals surface area contributed by atoms with Crippen molar-refractivity contribution in [2.75, 3.05) is 40.9 Å². The molecule has 9 heteroatoms. The zero-order valence-electron chi connectivity index (χ0n) is 50.5. The van der Waals surface area contributed by atoms with Gasteiger partial charge in [-0.25, -0.2) is 4.57 Å². The third-order valence-electron chi connectivity index (χ3n) is 14.2. The maximum absolute atomic E-state index is 13.0. The summed E-state index contributed by atoms with van der Waals surface area (Å²) in [5.41, 5.74) is 0. The van der Waals surface area contributed by atoms with Crippen LogP contribution >= 0.6 is 7.82 Å². The smallest absolute Gasteiger partial charge is 0.391 e. The lowest BCUT2D eigenvalue weighted by atomic mass is 10.0. The number of amides is 1. The number of hydrogen-bond donors (Lipinski definition) is 3. The van der Waals surface area contributed by atoms with E-state index in [4.69, 9.17) is 9.05 Å². The molecule has 0 rings (SSSR count). The molecule has 0 spiro atoms.